The van der Waals surface area contributed by atoms with E-state index in [-0.39, 0.29) is 18.0 Å². The lowest BCUT2D eigenvalue weighted by Crippen LogP contribution is -2.30. The molecule has 0 saturated heterocycles. The molecule has 0 unspecified atom stereocenters. The smallest absolute Gasteiger partial charge is 0.233 e. The molecule has 1 aliphatic heterocycles. The number of rotatable bonds is 7. The van der Waals surface area contributed by atoms with Crippen LogP contribution in [0.25, 0.3) is 0 Å². The minimum absolute atomic E-state index is 0.00734. The highest BCUT2D eigenvalue weighted by Gasteiger charge is 2.20. The highest BCUT2D eigenvalue weighted by molar-refractivity contribution is 8.00. The molecule has 2 aromatic rings. The molecule has 2 heterocycles. The van der Waals surface area contributed by atoms with Crippen molar-refractivity contribution < 1.29 is 14.3 Å². The van der Waals surface area contributed by atoms with Crippen LogP contribution in [-0.4, -0.2) is 27.5 Å². The minimum atomic E-state index is -0.230. The Hall–Kier alpha value is -2.15. The number of fused-ring (bicyclic) bond motifs is 1. The third-order valence-electron chi connectivity index (χ3n) is 4.53. The minimum Gasteiger partial charge on any atom is -0.454 e. The monoisotopic (exact) mass is 389 g/mol. The van der Waals surface area contributed by atoms with Crippen molar-refractivity contribution in [3.05, 3.63) is 35.2 Å². The Morgan fingerprint density at radius 3 is 2.74 bits per heavy atom. The Balaban J connectivity index is 1.60. The van der Waals surface area contributed by atoms with Crippen LogP contribution in [0.15, 0.2) is 23.4 Å². The van der Waals surface area contributed by atoms with Crippen LogP contribution < -0.4 is 14.8 Å². The summed E-state index contributed by atoms with van der Waals surface area (Å²) in [4.78, 5) is 17.2. The summed E-state index contributed by atoms with van der Waals surface area (Å²) in [7, 11) is 0. The van der Waals surface area contributed by atoms with Crippen LogP contribution in [0.3, 0.4) is 0 Å². The zero-order valence-corrected chi connectivity index (χ0v) is 17.4. The lowest BCUT2D eigenvalue weighted by molar-refractivity contribution is -0.120. The molecule has 1 aliphatic rings. The van der Waals surface area contributed by atoms with E-state index >= 15 is 0 Å². The molecule has 0 aliphatic carbocycles. The van der Waals surface area contributed by atoms with Gasteiger partial charge < -0.3 is 19.4 Å². The maximum Gasteiger partial charge on any atom is 0.233 e. The summed E-state index contributed by atoms with van der Waals surface area (Å²) < 4.78 is 12.9. The molecule has 3 rings (SSSR count). The van der Waals surface area contributed by atoms with Crippen molar-refractivity contribution in [3.63, 3.8) is 0 Å². The molecule has 6 nitrogen and oxygen atoms in total. The van der Waals surface area contributed by atoms with Gasteiger partial charge >= 0.3 is 0 Å². The molecular formula is C20H27N3O3S. The number of nitrogens with zero attached hydrogens (tertiary/aromatic N) is 2. The number of hydrogen-bond donors (Lipinski definition) is 1. The van der Waals surface area contributed by atoms with Crippen LogP contribution in [0, 0.1) is 19.8 Å². The first kappa shape index (κ1) is 19.6. The molecule has 7 heteroatoms. The number of hydrogen-bond acceptors (Lipinski definition) is 5. The first-order valence-electron chi connectivity index (χ1n) is 9.21. The van der Waals surface area contributed by atoms with Gasteiger partial charge in [0.1, 0.15) is 0 Å². The Bertz CT molecular complexity index is 832. The third-order valence-corrected chi connectivity index (χ3v) is 5.62. The Morgan fingerprint density at radius 2 is 2.00 bits per heavy atom. The molecule has 0 radical (unpaired) electrons. The van der Waals surface area contributed by atoms with Crippen LogP contribution in [0.5, 0.6) is 11.5 Å². The van der Waals surface area contributed by atoms with E-state index in [1.165, 1.54) is 17.5 Å². The van der Waals surface area contributed by atoms with Crippen molar-refractivity contribution in [1.82, 2.24) is 14.9 Å². The molecule has 1 aromatic carbocycles. The van der Waals surface area contributed by atoms with Gasteiger partial charge in [-0.15, -0.1) is 0 Å². The SMILES string of the molecule is Cc1nc(S[C@@H](C)C(=O)NCc2ccc3c(c2)OCO3)n(CC(C)C)c1C. The zero-order valence-electron chi connectivity index (χ0n) is 16.5. The predicted octanol–water partition coefficient (Wildman–Crippen LogP) is 3.68. The van der Waals surface area contributed by atoms with Crippen LogP contribution in [0.4, 0.5) is 0 Å². The maximum atomic E-state index is 12.6. The van der Waals surface area contributed by atoms with E-state index in [1.807, 2.05) is 32.0 Å². The van der Waals surface area contributed by atoms with Gasteiger partial charge in [-0.1, -0.05) is 31.7 Å². The predicted molar refractivity (Wildman–Crippen MR) is 106 cm³/mol. The van der Waals surface area contributed by atoms with E-state index in [4.69, 9.17) is 9.47 Å². The number of ether oxygens (including phenoxy) is 2. The molecule has 0 bridgehead atoms. The normalized spacial score (nSPS) is 13.9. The van der Waals surface area contributed by atoms with Gasteiger partial charge in [0.25, 0.3) is 0 Å². The largest absolute Gasteiger partial charge is 0.454 e. The summed E-state index contributed by atoms with van der Waals surface area (Å²) in [5.41, 5.74) is 3.17. The Labute approximate surface area is 164 Å². The lowest BCUT2D eigenvalue weighted by Gasteiger charge is -2.15. The van der Waals surface area contributed by atoms with Crippen LogP contribution >= 0.6 is 11.8 Å². The number of thioether (sulfide) groups is 1. The first-order valence-corrected chi connectivity index (χ1v) is 10.1. The number of amides is 1. The number of nitrogens with one attached hydrogen (secondary N) is 1. The van der Waals surface area contributed by atoms with Crippen molar-refractivity contribution >= 4 is 17.7 Å². The molecule has 0 spiro atoms. The molecule has 1 atom stereocenters. The summed E-state index contributed by atoms with van der Waals surface area (Å²) >= 11 is 1.51. The number of carbonyl (C=O) groups is 1. The number of imidazole rings is 1. The highest BCUT2D eigenvalue weighted by Crippen LogP contribution is 2.32. The Kier molecular flexibility index (Phi) is 5.99. The Morgan fingerprint density at radius 1 is 1.26 bits per heavy atom. The second-order valence-electron chi connectivity index (χ2n) is 7.24. The number of aromatic nitrogens is 2. The van der Waals surface area contributed by atoms with Crippen LogP contribution in [-0.2, 0) is 17.9 Å². The zero-order chi connectivity index (χ0) is 19.6. The first-order chi connectivity index (χ1) is 12.8. The van der Waals surface area contributed by atoms with E-state index in [2.05, 4.69) is 35.6 Å². The fraction of sp³-hybridized carbons (Fsp3) is 0.500. The van der Waals surface area contributed by atoms with Gasteiger partial charge in [-0.25, -0.2) is 4.98 Å². The number of carbonyl (C=O) groups excluding carboxylic acids is 1. The van der Waals surface area contributed by atoms with E-state index in [1.54, 1.807) is 0 Å². The second-order valence-corrected chi connectivity index (χ2v) is 8.54. The maximum absolute atomic E-state index is 12.6. The van der Waals surface area contributed by atoms with E-state index in [9.17, 15) is 4.79 Å². The average Bonchev–Trinajstić information content (AvgIpc) is 3.19. The fourth-order valence-corrected chi connectivity index (χ4v) is 3.92. The number of aryl methyl sites for hydroxylation is 1. The van der Waals surface area contributed by atoms with Crippen molar-refractivity contribution in [2.24, 2.45) is 5.92 Å². The molecular weight excluding hydrogens is 362 g/mol. The van der Waals surface area contributed by atoms with Gasteiger partial charge in [0.15, 0.2) is 16.7 Å². The standard InChI is InChI=1S/C20H27N3O3S/c1-12(2)10-23-14(4)13(3)22-20(23)27-15(5)19(24)21-9-16-6-7-17-18(8-16)26-11-25-17/h6-8,12,15H,9-11H2,1-5H3,(H,21,24)/t15-/m0/s1. The molecule has 0 saturated carbocycles. The van der Waals surface area contributed by atoms with Gasteiger partial charge in [-0.3, -0.25) is 4.79 Å². The second kappa shape index (κ2) is 8.25. The summed E-state index contributed by atoms with van der Waals surface area (Å²) in [6, 6.07) is 5.71. The molecule has 1 amide bonds. The average molecular weight is 390 g/mol. The highest BCUT2D eigenvalue weighted by atomic mass is 32.2. The van der Waals surface area contributed by atoms with Gasteiger partial charge in [-0.2, -0.15) is 0 Å². The summed E-state index contributed by atoms with van der Waals surface area (Å²) in [6.07, 6.45) is 0. The third kappa shape index (κ3) is 4.58. The summed E-state index contributed by atoms with van der Waals surface area (Å²) in [5.74, 6) is 1.99. The molecule has 27 heavy (non-hydrogen) atoms. The summed E-state index contributed by atoms with van der Waals surface area (Å²) in [6.45, 7) is 12.0. The fourth-order valence-electron chi connectivity index (χ4n) is 2.89. The van der Waals surface area contributed by atoms with Crippen LogP contribution in [0.1, 0.15) is 37.7 Å². The van der Waals surface area contributed by atoms with Crippen molar-refractivity contribution in [1.29, 1.82) is 0 Å². The van der Waals surface area contributed by atoms with Crippen molar-refractivity contribution in [2.75, 3.05) is 6.79 Å². The molecule has 1 aromatic heterocycles. The topological polar surface area (TPSA) is 65.4 Å². The summed E-state index contributed by atoms with van der Waals surface area (Å²) in [5, 5.41) is 3.68. The molecule has 0 fully saturated rings. The lowest BCUT2D eigenvalue weighted by atomic mass is 10.2. The van der Waals surface area contributed by atoms with Crippen molar-refractivity contribution in [2.45, 2.75) is 58.1 Å². The van der Waals surface area contributed by atoms with E-state index in [0.29, 0.717) is 12.5 Å². The van der Waals surface area contributed by atoms with Gasteiger partial charge in [0, 0.05) is 18.8 Å². The molecule has 1 N–H and O–H groups in total. The van der Waals surface area contributed by atoms with Gasteiger partial charge in [0.2, 0.25) is 12.7 Å². The van der Waals surface area contributed by atoms with Gasteiger partial charge in [0.05, 0.1) is 10.9 Å². The van der Waals surface area contributed by atoms with Gasteiger partial charge in [-0.05, 0) is 44.4 Å². The number of benzene rings is 1. The van der Waals surface area contributed by atoms with E-state index in [0.717, 1.165) is 34.5 Å². The van der Waals surface area contributed by atoms with E-state index < -0.39 is 0 Å². The quantitative estimate of drug-likeness (QED) is 0.732. The molecule has 146 valence electrons. The van der Waals surface area contributed by atoms with Crippen LogP contribution in [0.2, 0.25) is 0 Å². The van der Waals surface area contributed by atoms with Crippen molar-refractivity contribution in [3.8, 4) is 11.5 Å².